The number of carbonyl (C=O) groups is 3. The van der Waals surface area contributed by atoms with Gasteiger partial charge in [-0.1, -0.05) is 69.3 Å². The van der Waals surface area contributed by atoms with Gasteiger partial charge in [0, 0.05) is 11.6 Å². The van der Waals surface area contributed by atoms with Gasteiger partial charge in [0.25, 0.3) is 5.91 Å². The van der Waals surface area contributed by atoms with Crippen LogP contribution >= 0.6 is 0 Å². The fourth-order valence-corrected chi connectivity index (χ4v) is 5.96. The Morgan fingerprint density at radius 2 is 1.72 bits per heavy atom. The molecule has 8 heteroatoms. The van der Waals surface area contributed by atoms with Gasteiger partial charge in [0.15, 0.2) is 0 Å². The minimum absolute atomic E-state index is 0.0745. The van der Waals surface area contributed by atoms with E-state index in [1.54, 1.807) is 10.7 Å². The second kappa shape index (κ2) is 8.93. The summed E-state index contributed by atoms with van der Waals surface area (Å²) in [4.78, 5) is 40.4. The van der Waals surface area contributed by atoms with Crippen LogP contribution in [-0.2, 0) is 9.59 Å². The molecule has 0 bridgehead atoms. The molecule has 2 fully saturated rings. The number of rotatable bonds is 5. The van der Waals surface area contributed by atoms with Crippen molar-refractivity contribution in [1.29, 1.82) is 0 Å². The standard InChI is InChI=1S/C28H31N5O3/c1-19-15-27(2,3)18-28(16-19)25(35)32(26(36)30-28)17-24(34)29-23-14-22(20-10-6-4-7-11-20)31-33(23)21-12-8-5-9-13-21/h4-14,19H,15-18H2,1-3H3,(H,29,34)(H,30,36). The number of aromatic nitrogens is 2. The molecular formula is C28H31N5O3. The van der Waals surface area contributed by atoms with Crippen LogP contribution in [0.15, 0.2) is 66.7 Å². The third kappa shape index (κ3) is 4.51. The lowest BCUT2D eigenvalue weighted by molar-refractivity contribution is -0.136. The molecule has 1 saturated carbocycles. The van der Waals surface area contributed by atoms with Gasteiger partial charge in [-0.05, 0) is 42.7 Å². The van der Waals surface area contributed by atoms with Crippen LogP contribution < -0.4 is 10.6 Å². The highest BCUT2D eigenvalue weighted by atomic mass is 16.2. The number of carbonyl (C=O) groups excluding carboxylic acids is 3. The number of urea groups is 1. The summed E-state index contributed by atoms with van der Waals surface area (Å²) >= 11 is 0. The predicted octanol–water partition coefficient (Wildman–Crippen LogP) is 4.61. The van der Waals surface area contributed by atoms with Crippen LogP contribution in [0.1, 0.15) is 40.0 Å². The van der Waals surface area contributed by atoms with Crippen LogP contribution in [0.4, 0.5) is 10.6 Å². The van der Waals surface area contributed by atoms with Crippen molar-refractivity contribution < 1.29 is 14.4 Å². The van der Waals surface area contributed by atoms with Gasteiger partial charge in [0.2, 0.25) is 5.91 Å². The largest absolute Gasteiger partial charge is 0.325 e. The highest BCUT2D eigenvalue weighted by Gasteiger charge is 2.56. The Hall–Kier alpha value is -3.94. The summed E-state index contributed by atoms with van der Waals surface area (Å²) in [5.41, 5.74) is 1.37. The fourth-order valence-electron chi connectivity index (χ4n) is 5.96. The number of hydrogen-bond donors (Lipinski definition) is 2. The minimum atomic E-state index is -0.940. The number of nitrogens with zero attached hydrogens (tertiary/aromatic N) is 3. The molecule has 2 aromatic carbocycles. The third-order valence-electron chi connectivity index (χ3n) is 6.97. The lowest BCUT2D eigenvalue weighted by Crippen LogP contribution is -2.54. The van der Waals surface area contributed by atoms with E-state index in [4.69, 9.17) is 5.10 Å². The quantitative estimate of drug-likeness (QED) is 0.516. The Balaban J connectivity index is 1.38. The number of imide groups is 1. The maximum Gasteiger partial charge on any atom is 0.325 e. The molecule has 2 heterocycles. The van der Waals surface area contributed by atoms with Crippen LogP contribution in [0.2, 0.25) is 0 Å². The van der Waals surface area contributed by atoms with E-state index in [9.17, 15) is 14.4 Å². The molecule has 1 aliphatic heterocycles. The summed E-state index contributed by atoms with van der Waals surface area (Å²) in [6.45, 7) is 5.98. The average Bonchev–Trinajstić information content (AvgIpc) is 3.33. The zero-order chi connectivity index (χ0) is 25.5. The van der Waals surface area contributed by atoms with E-state index in [-0.39, 0.29) is 17.9 Å². The van der Waals surface area contributed by atoms with Gasteiger partial charge in [0.05, 0.1) is 11.4 Å². The number of nitrogens with one attached hydrogen (secondary N) is 2. The molecule has 3 aromatic rings. The molecule has 5 rings (SSSR count). The van der Waals surface area contributed by atoms with Crippen molar-refractivity contribution in [1.82, 2.24) is 20.0 Å². The summed E-state index contributed by atoms with van der Waals surface area (Å²) in [7, 11) is 0. The van der Waals surface area contributed by atoms with E-state index in [0.29, 0.717) is 30.3 Å². The number of anilines is 1. The summed E-state index contributed by atoms with van der Waals surface area (Å²) in [6.07, 6.45) is 2.14. The first-order chi connectivity index (χ1) is 17.2. The normalized spacial score (nSPS) is 23.1. The number of amides is 4. The van der Waals surface area contributed by atoms with Gasteiger partial charge in [-0.2, -0.15) is 5.10 Å². The van der Waals surface area contributed by atoms with E-state index in [0.717, 1.165) is 22.6 Å². The van der Waals surface area contributed by atoms with Crippen molar-refractivity contribution in [2.75, 3.05) is 11.9 Å². The summed E-state index contributed by atoms with van der Waals surface area (Å²) in [5.74, 6) is -0.0261. The highest BCUT2D eigenvalue weighted by Crippen LogP contribution is 2.46. The van der Waals surface area contributed by atoms with Crippen LogP contribution in [-0.4, -0.2) is 44.6 Å². The lowest BCUT2D eigenvalue weighted by atomic mass is 9.64. The Kier molecular flexibility index (Phi) is 5.90. The zero-order valence-electron chi connectivity index (χ0n) is 20.8. The molecular weight excluding hydrogens is 454 g/mol. The topological polar surface area (TPSA) is 96.3 Å². The molecule has 186 valence electrons. The smallest absolute Gasteiger partial charge is 0.323 e. The van der Waals surface area contributed by atoms with Crippen molar-refractivity contribution in [3.63, 3.8) is 0 Å². The van der Waals surface area contributed by atoms with Gasteiger partial charge < -0.3 is 10.6 Å². The maximum atomic E-state index is 13.4. The van der Waals surface area contributed by atoms with Gasteiger partial charge >= 0.3 is 6.03 Å². The van der Waals surface area contributed by atoms with E-state index in [1.807, 2.05) is 60.7 Å². The number of para-hydroxylation sites is 1. The van der Waals surface area contributed by atoms with Gasteiger partial charge in [0.1, 0.15) is 17.9 Å². The Labute approximate surface area is 210 Å². The average molecular weight is 486 g/mol. The van der Waals surface area contributed by atoms with Gasteiger partial charge in [-0.25, -0.2) is 9.48 Å². The number of hydrogen-bond acceptors (Lipinski definition) is 4. The molecule has 1 aliphatic carbocycles. The van der Waals surface area contributed by atoms with Crippen LogP contribution in [0.25, 0.3) is 16.9 Å². The number of benzene rings is 2. The Bertz CT molecular complexity index is 1300. The molecule has 2 atom stereocenters. The minimum Gasteiger partial charge on any atom is -0.323 e. The van der Waals surface area contributed by atoms with Crippen molar-refractivity contribution in [3.8, 4) is 16.9 Å². The molecule has 36 heavy (non-hydrogen) atoms. The second-order valence-corrected chi connectivity index (χ2v) is 10.8. The van der Waals surface area contributed by atoms with Crippen LogP contribution in [0.3, 0.4) is 0 Å². The van der Waals surface area contributed by atoms with Gasteiger partial charge in [-0.3, -0.25) is 14.5 Å². The van der Waals surface area contributed by atoms with Crippen LogP contribution in [0.5, 0.6) is 0 Å². The highest BCUT2D eigenvalue weighted by molar-refractivity contribution is 6.10. The molecule has 0 radical (unpaired) electrons. The first-order valence-electron chi connectivity index (χ1n) is 12.3. The van der Waals surface area contributed by atoms with Crippen molar-refractivity contribution in [2.45, 2.75) is 45.6 Å². The van der Waals surface area contributed by atoms with E-state index >= 15 is 0 Å². The fraction of sp³-hybridized carbons (Fsp3) is 0.357. The maximum absolute atomic E-state index is 13.4. The van der Waals surface area contributed by atoms with Crippen molar-refractivity contribution in [3.05, 3.63) is 66.7 Å². The van der Waals surface area contributed by atoms with Crippen molar-refractivity contribution >= 4 is 23.7 Å². The van der Waals surface area contributed by atoms with Gasteiger partial charge in [-0.15, -0.1) is 0 Å². The summed E-state index contributed by atoms with van der Waals surface area (Å²) in [5, 5.41) is 10.5. The molecule has 2 N–H and O–H groups in total. The molecule has 2 aliphatic rings. The molecule has 1 saturated heterocycles. The van der Waals surface area contributed by atoms with E-state index in [2.05, 4.69) is 31.4 Å². The van der Waals surface area contributed by atoms with E-state index in [1.165, 1.54) is 0 Å². The molecule has 1 aromatic heterocycles. The van der Waals surface area contributed by atoms with Crippen molar-refractivity contribution in [2.24, 2.45) is 11.3 Å². The molecule has 2 unspecified atom stereocenters. The Morgan fingerprint density at radius 1 is 1.06 bits per heavy atom. The first kappa shape index (κ1) is 23.8. The predicted molar refractivity (Wildman–Crippen MR) is 137 cm³/mol. The first-order valence-corrected chi connectivity index (χ1v) is 12.3. The van der Waals surface area contributed by atoms with E-state index < -0.39 is 17.5 Å². The SMILES string of the molecule is CC1CC(C)(C)CC2(C1)NC(=O)N(CC(=O)Nc1cc(-c3ccccc3)nn1-c1ccccc1)C2=O. The van der Waals surface area contributed by atoms with Crippen LogP contribution in [0, 0.1) is 11.3 Å². The molecule has 4 amide bonds. The second-order valence-electron chi connectivity index (χ2n) is 10.8. The zero-order valence-corrected chi connectivity index (χ0v) is 20.8. The summed E-state index contributed by atoms with van der Waals surface area (Å²) < 4.78 is 1.65. The Morgan fingerprint density at radius 3 is 2.39 bits per heavy atom. The summed E-state index contributed by atoms with van der Waals surface area (Å²) in [6, 6.07) is 20.4. The third-order valence-corrected chi connectivity index (χ3v) is 6.97. The monoisotopic (exact) mass is 485 g/mol. The molecule has 8 nitrogen and oxygen atoms in total. The lowest BCUT2D eigenvalue weighted by Gasteiger charge is -2.43. The molecule has 1 spiro atoms.